The Hall–Kier alpha value is -2.44. The molecular weight excluding hydrogens is 727 g/mol. The maximum atomic E-state index is 2.72. The summed E-state index contributed by atoms with van der Waals surface area (Å²) in [5.41, 5.74) is 10.7. The number of benzene rings is 2. The number of halogens is 2. The first-order chi connectivity index (χ1) is 22.8. The van der Waals surface area contributed by atoms with Crippen molar-refractivity contribution in [1.82, 2.24) is 0 Å². The van der Waals surface area contributed by atoms with Crippen LogP contribution >= 0.6 is 0 Å². The fourth-order valence-electron chi connectivity index (χ4n) is 12.5. The molecule has 0 amide bonds. The van der Waals surface area contributed by atoms with Crippen LogP contribution in [0.3, 0.4) is 0 Å². The predicted molar refractivity (Wildman–Crippen MR) is 199 cm³/mol. The molecule has 0 bridgehead atoms. The van der Waals surface area contributed by atoms with Crippen LogP contribution in [-0.2, 0) is 24.7 Å². The Morgan fingerprint density at radius 3 is 1.62 bits per heavy atom. The third-order valence-corrected chi connectivity index (χ3v) is 18.2. The Balaban J connectivity index is 0.00000216. The molecule has 6 aliphatic carbocycles. The van der Waals surface area contributed by atoms with Crippen molar-refractivity contribution in [2.45, 2.75) is 65.4 Å². The average molecular weight is 776 g/mol. The van der Waals surface area contributed by atoms with E-state index in [2.05, 4.69) is 189 Å². The molecule has 0 nitrogen and oxygen atoms in total. The SMILES string of the molecule is CC1=C(C2=CC=CC2)C(=C(c2ccccc2)c2ccccc2)C=C2[CH]([Zr+2])C3(C)C4(C)C=CC=CC4(C)C4(C)C=CC=CC4(C)C3(C)C21C.[Cl-].[Cl-]. The van der Waals surface area contributed by atoms with Gasteiger partial charge in [0.25, 0.3) is 0 Å². The molecule has 3 heteroatoms. The van der Waals surface area contributed by atoms with E-state index < -0.39 is 0 Å². The zero-order valence-electron chi connectivity index (χ0n) is 30.7. The molecule has 0 spiro atoms. The molecule has 0 aromatic heterocycles. The van der Waals surface area contributed by atoms with Crippen molar-refractivity contribution in [3.8, 4) is 0 Å². The molecular formula is C47H49Cl2Zr. The fourth-order valence-corrected chi connectivity index (χ4v) is 14.9. The van der Waals surface area contributed by atoms with Crippen molar-refractivity contribution in [3.63, 3.8) is 0 Å². The summed E-state index contributed by atoms with van der Waals surface area (Å²) in [6.07, 6.45) is 30.5. The molecule has 0 N–H and O–H groups in total. The molecule has 50 heavy (non-hydrogen) atoms. The largest absolute Gasteiger partial charge is 1.00 e. The molecule has 2 fully saturated rings. The number of hydrogen-bond acceptors (Lipinski definition) is 0. The summed E-state index contributed by atoms with van der Waals surface area (Å²) in [5.74, 6) is 0. The van der Waals surface area contributed by atoms with Gasteiger partial charge >= 0.3 is 306 Å². The van der Waals surface area contributed by atoms with Crippen molar-refractivity contribution < 1.29 is 49.5 Å². The van der Waals surface area contributed by atoms with E-state index in [4.69, 9.17) is 0 Å². The van der Waals surface area contributed by atoms with Crippen molar-refractivity contribution in [2.75, 3.05) is 0 Å². The molecule has 8 unspecified atom stereocenters. The van der Waals surface area contributed by atoms with Gasteiger partial charge in [-0.05, 0) is 0 Å². The molecule has 2 aromatic rings. The van der Waals surface area contributed by atoms with Crippen LogP contribution < -0.4 is 24.8 Å². The van der Waals surface area contributed by atoms with Gasteiger partial charge in [0.2, 0.25) is 0 Å². The van der Waals surface area contributed by atoms with E-state index >= 15 is 0 Å². The third-order valence-electron chi connectivity index (χ3n) is 16.0. The Morgan fingerprint density at radius 2 is 1.12 bits per heavy atom. The third kappa shape index (κ3) is 3.94. The van der Waals surface area contributed by atoms with Gasteiger partial charge in [-0.2, -0.15) is 0 Å². The Bertz CT molecular complexity index is 1980. The minimum Gasteiger partial charge on any atom is -1.00 e. The molecule has 0 aliphatic heterocycles. The quantitative estimate of drug-likeness (QED) is 0.344. The Labute approximate surface area is 328 Å². The molecule has 2 saturated carbocycles. The second-order valence-electron chi connectivity index (χ2n) is 16.6. The van der Waals surface area contributed by atoms with Crippen LogP contribution in [0.15, 0.2) is 161 Å². The van der Waals surface area contributed by atoms with Crippen LogP contribution in [0.25, 0.3) is 5.57 Å². The number of allylic oxidation sites excluding steroid dienone is 17. The maximum Gasteiger partial charge on any atom is -1.00 e. The van der Waals surface area contributed by atoms with Gasteiger partial charge in [0.15, 0.2) is 0 Å². The predicted octanol–water partition coefficient (Wildman–Crippen LogP) is 6.30. The van der Waals surface area contributed by atoms with E-state index in [1.165, 1.54) is 33.4 Å². The van der Waals surface area contributed by atoms with Gasteiger partial charge in [0.05, 0.1) is 0 Å². The average Bonchev–Trinajstić information content (AvgIpc) is 3.67. The number of hydrogen-bond donors (Lipinski definition) is 0. The van der Waals surface area contributed by atoms with E-state index in [0.717, 1.165) is 6.42 Å². The summed E-state index contributed by atoms with van der Waals surface area (Å²) in [5, 5.41) is 0. The summed E-state index contributed by atoms with van der Waals surface area (Å²) in [6.45, 7) is 21.0. The van der Waals surface area contributed by atoms with E-state index in [0.29, 0.717) is 3.63 Å². The molecule has 2 aromatic carbocycles. The summed E-state index contributed by atoms with van der Waals surface area (Å²) in [7, 11) is 0. The molecule has 255 valence electrons. The standard InChI is InChI=1S/C47H49.2ClH.Zr/c1-33-39(34-25-15-16-26-34)38(40(35-21-11-9-12-22-35)36-23-13-10-14-24-36)31-37-32-45(6)43(4)29-18-17-27-41(43,2)42(3)28-19-20-30-44(42,5)47(45,8)46(33,37)7;;;/h9-25,27-32H,26H2,1-8H3;2*1H;/q;;;+2/p-2. The Kier molecular flexibility index (Phi) is 9.00. The number of rotatable bonds is 3. The molecule has 8 atom stereocenters. The van der Waals surface area contributed by atoms with Crippen molar-refractivity contribution in [2.24, 2.45) is 37.9 Å². The summed E-state index contributed by atoms with van der Waals surface area (Å²) >= 11 is 1.61. The topological polar surface area (TPSA) is 0 Å². The molecule has 6 aliphatic rings. The zero-order valence-corrected chi connectivity index (χ0v) is 34.7. The van der Waals surface area contributed by atoms with E-state index in [9.17, 15) is 0 Å². The monoisotopic (exact) mass is 773 g/mol. The van der Waals surface area contributed by atoms with Crippen molar-refractivity contribution >= 4 is 5.57 Å². The minimum atomic E-state index is -0.165. The van der Waals surface area contributed by atoms with E-state index in [-0.39, 0.29) is 62.7 Å². The summed E-state index contributed by atoms with van der Waals surface area (Å²) < 4.78 is 0.427. The van der Waals surface area contributed by atoms with Crippen LogP contribution in [0.4, 0.5) is 0 Å². The molecule has 0 saturated heterocycles. The first-order valence-corrected chi connectivity index (χ1v) is 19.3. The van der Waals surface area contributed by atoms with Crippen LogP contribution in [0, 0.1) is 37.9 Å². The van der Waals surface area contributed by atoms with E-state index in [1.807, 2.05) is 0 Å². The van der Waals surface area contributed by atoms with Crippen LogP contribution in [-0.4, -0.2) is 0 Å². The smallest absolute Gasteiger partial charge is 1.00 e. The minimum absolute atomic E-state index is 0. The summed E-state index contributed by atoms with van der Waals surface area (Å²) in [4.78, 5) is 0. The second-order valence-corrected chi connectivity index (χ2v) is 18.0. The molecule has 0 heterocycles. The van der Waals surface area contributed by atoms with Gasteiger partial charge in [0, 0.05) is 0 Å². The van der Waals surface area contributed by atoms with Crippen LogP contribution in [0.2, 0.25) is 3.63 Å². The van der Waals surface area contributed by atoms with Crippen LogP contribution in [0.1, 0.15) is 72.9 Å². The van der Waals surface area contributed by atoms with Gasteiger partial charge in [-0.25, -0.2) is 0 Å². The van der Waals surface area contributed by atoms with Crippen molar-refractivity contribution in [1.29, 1.82) is 0 Å². The van der Waals surface area contributed by atoms with Crippen molar-refractivity contribution in [3.05, 3.63) is 173 Å². The number of fused-ring (bicyclic) bond motifs is 8. The normalized spacial score (nSPS) is 40.2. The van der Waals surface area contributed by atoms with Gasteiger partial charge in [0.1, 0.15) is 0 Å². The zero-order chi connectivity index (χ0) is 34.0. The second kappa shape index (κ2) is 12.1. The van der Waals surface area contributed by atoms with Gasteiger partial charge in [-0.1, -0.05) is 0 Å². The molecule has 8 rings (SSSR count). The first-order valence-electron chi connectivity index (χ1n) is 17.9. The van der Waals surface area contributed by atoms with Gasteiger partial charge < -0.3 is 24.8 Å². The van der Waals surface area contributed by atoms with E-state index in [1.54, 1.807) is 35.9 Å². The van der Waals surface area contributed by atoms with Crippen LogP contribution in [0.5, 0.6) is 0 Å². The first kappa shape index (κ1) is 37.3. The van der Waals surface area contributed by atoms with Gasteiger partial charge in [-0.3, -0.25) is 0 Å². The summed E-state index contributed by atoms with van der Waals surface area (Å²) in [6, 6.07) is 22.3. The maximum absolute atomic E-state index is 2.72. The Morgan fingerprint density at radius 1 is 0.640 bits per heavy atom. The van der Waals surface area contributed by atoms with Gasteiger partial charge in [-0.15, -0.1) is 0 Å². The fraction of sp³-hybridized carbons (Fsp3) is 0.362. The molecule has 0 radical (unpaired) electrons.